The topological polar surface area (TPSA) is 26.3 Å². The van der Waals surface area contributed by atoms with E-state index in [1.54, 1.807) is 12.1 Å². The Morgan fingerprint density at radius 3 is 2.62 bits per heavy atom. The first-order valence-corrected chi connectivity index (χ1v) is 5.47. The van der Waals surface area contributed by atoms with Gasteiger partial charge in [0.25, 0.3) is 0 Å². The third-order valence-corrected chi connectivity index (χ3v) is 2.18. The van der Waals surface area contributed by atoms with Gasteiger partial charge in [0.2, 0.25) is 0 Å². The molecule has 1 aromatic rings. The van der Waals surface area contributed by atoms with Crippen LogP contribution in [0.4, 0.5) is 0 Å². The molecule has 84 valence electrons. The molecule has 0 aliphatic carbocycles. The Morgan fingerprint density at radius 2 is 2.06 bits per heavy atom. The SMILES string of the molecule is C#CCCc1ccc(C(=O)OCCC)cc1. The minimum absolute atomic E-state index is 0.259. The molecule has 1 aromatic carbocycles. The van der Waals surface area contributed by atoms with Gasteiger partial charge in [0.05, 0.1) is 12.2 Å². The van der Waals surface area contributed by atoms with Gasteiger partial charge in [0.15, 0.2) is 0 Å². The van der Waals surface area contributed by atoms with Gasteiger partial charge in [-0.05, 0) is 30.5 Å². The molecule has 0 spiro atoms. The van der Waals surface area contributed by atoms with Crippen molar-refractivity contribution in [1.82, 2.24) is 0 Å². The standard InChI is InChI=1S/C14H16O2/c1-3-5-6-12-7-9-13(10-8-12)14(15)16-11-4-2/h1,7-10H,4-6,11H2,2H3. The summed E-state index contributed by atoms with van der Waals surface area (Å²) in [6.45, 7) is 2.44. The number of aryl methyl sites for hydroxylation is 1. The molecule has 1 rings (SSSR count). The number of carbonyl (C=O) groups is 1. The number of esters is 1. The number of terminal acetylenes is 1. The Hall–Kier alpha value is -1.75. The van der Waals surface area contributed by atoms with Crippen molar-refractivity contribution in [3.8, 4) is 12.3 Å². The first-order valence-electron chi connectivity index (χ1n) is 5.47. The van der Waals surface area contributed by atoms with Crippen LogP contribution in [0.1, 0.15) is 35.7 Å². The lowest BCUT2D eigenvalue weighted by Gasteiger charge is -2.03. The summed E-state index contributed by atoms with van der Waals surface area (Å²) >= 11 is 0. The maximum absolute atomic E-state index is 11.5. The van der Waals surface area contributed by atoms with Crippen LogP contribution in [0.25, 0.3) is 0 Å². The van der Waals surface area contributed by atoms with Crippen molar-refractivity contribution in [2.24, 2.45) is 0 Å². The fraction of sp³-hybridized carbons (Fsp3) is 0.357. The van der Waals surface area contributed by atoms with Gasteiger partial charge in [-0.2, -0.15) is 0 Å². The van der Waals surface area contributed by atoms with E-state index >= 15 is 0 Å². The Bertz CT molecular complexity index is 371. The average Bonchev–Trinajstić information content (AvgIpc) is 2.34. The number of carbonyl (C=O) groups excluding carboxylic acids is 1. The number of benzene rings is 1. The van der Waals surface area contributed by atoms with Gasteiger partial charge in [0.1, 0.15) is 0 Å². The van der Waals surface area contributed by atoms with Gasteiger partial charge in [-0.1, -0.05) is 19.1 Å². The molecule has 0 saturated heterocycles. The summed E-state index contributed by atoms with van der Waals surface area (Å²) in [5.74, 6) is 2.33. The summed E-state index contributed by atoms with van der Waals surface area (Å²) in [6, 6.07) is 7.40. The minimum atomic E-state index is -0.259. The van der Waals surface area contributed by atoms with E-state index in [1.807, 2.05) is 19.1 Å². The van der Waals surface area contributed by atoms with Gasteiger partial charge in [-0.15, -0.1) is 12.3 Å². The highest BCUT2D eigenvalue weighted by Gasteiger charge is 2.05. The van der Waals surface area contributed by atoms with E-state index in [9.17, 15) is 4.79 Å². The Labute approximate surface area is 96.6 Å². The zero-order chi connectivity index (χ0) is 11.8. The molecular weight excluding hydrogens is 200 g/mol. The highest BCUT2D eigenvalue weighted by Crippen LogP contribution is 2.08. The summed E-state index contributed by atoms with van der Waals surface area (Å²) in [6.07, 6.45) is 7.59. The number of hydrogen-bond acceptors (Lipinski definition) is 2. The van der Waals surface area contributed by atoms with E-state index in [1.165, 1.54) is 0 Å². The molecule has 0 aliphatic rings. The minimum Gasteiger partial charge on any atom is -0.462 e. The van der Waals surface area contributed by atoms with Crippen LogP contribution < -0.4 is 0 Å². The summed E-state index contributed by atoms with van der Waals surface area (Å²) in [7, 11) is 0. The van der Waals surface area contributed by atoms with E-state index in [0.717, 1.165) is 24.8 Å². The first-order chi connectivity index (χ1) is 7.77. The second-order valence-corrected chi connectivity index (χ2v) is 3.54. The van der Waals surface area contributed by atoms with Crippen molar-refractivity contribution >= 4 is 5.97 Å². The van der Waals surface area contributed by atoms with Crippen molar-refractivity contribution in [3.05, 3.63) is 35.4 Å². The zero-order valence-corrected chi connectivity index (χ0v) is 9.53. The van der Waals surface area contributed by atoms with E-state index in [4.69, 9.17) is 11.2 Å². The molecule has 0 atom stereocenters. The van der Waals surface area contributed by atoms with Gasteiger partial charge in [-0.25, -0.2) is 4.79 Å². The first kappa shape index (κ1) is 12.3. The molecular formula is C14H16O2. The molecule has 0 bridgehead atoms. The Kier molecular flexibility index (Phi) is 5.15. The highest BCUT2D eigenvalue weighted by molar-refractivity contribution is 5.89. The van der Waals surface area contributed by atoms with E-state index < -0.39 is 0 Å². The molecule has 0 aliphatic heterocycles. The van der Waals surface area contributed by atoms with E-state index in [2.05, 4.69) is 5.92 Å². The largest absolute Gasteiger partial charge is 0.462 e. The highest BCUT2D eigenvalue weighted by atomic mass is 16.5. The van der Waals surface area contributed by atoms with E-state index in [0.29, 0.717) is 12.2 Å². The molecule has 0 amide bonds. The number of hydrogen-bond donors (Lipinski definition) is 0. The molecule has 2 nitrogen and oxygen atoms in total. The zero-order valence-electron chi connectivity index (χ0n) is 9.53. The fourth-order valence-corrected chi connectivity index (χ4v) is 1.30. The fourth-order valence-electron chi connectivity index (χ4n) is 1.30. The summed E-state index contributed by atoms with van der Waals surface area (Å²) in [5, 5.41) is 0. The van der Waals surface area contributed by atoms with Crippen LogP contribution in [0.15, 0.2) is 24.3 Å². The van der Waals surface area contributed by atoms with E-state index in [-0.39, 0.29) is 5.97 Å². The molecule has 0 N–H and O–H groups in total. The van der Waals surface area contributed by atoms with Crippen molar-refractivity contribution in [2.45, 2.75) is 26.2 Å². The molecule has 0 fully saturated rings. The van der Waals surface area contributed by atoms with Crippen LogP contribution in [0.3, 0.4) is 0 Å². The third-order valence-electron chi connectivity index (χ3n) is 2.18. The summed E-state index contributed by atoms with van der Waals surface area (Å²) in [5.41, 5.74) is 1.74. The quantitative estimate of drug-likeness (QED) is 0.559. The van der Waals surface area contributed by atoms with Crippen LogP contribution in [0, 0.1) is 12.3 Å². The van der Waals surface area contributed by atoms with Crippen LogP contribution >= 0.6 is 0 Å². The normalized spacial score (nSPS) is 9.50. The van der Waals surface area contributed by atoms with Crippen LogP contribution in [0.5, 0.6) is 0 Å². The number of rotatable bonds is 5. The van der Waals surface area contributed by atoms with Gasteiger partial charge in [-0.3, -0.25) is 0 Å². The lowest BCUT2D eigenvalue weighted by Crippen LogP contribution is -2.05. The molecule has 16 heavy (non-hydrogen) atoms. The maximum Gasteiger partial charge on any atom is 0.338 e. The second-order valence-electron chi connectivity index (χ2n) is 3.54. The summed E-state index contributed by atoms with van der Waals surface area (Å²) < 4.78 is 5.03. The average molecular weight is 216 g/mol. The van der Waals surface area contributed by atoms with Crippen LogP contribution in [-0.2, 0) is 11.2 Å². The molecule has 0 heterocycles. The van der Waals surface area contributed by atoms with Gasteiger partial charge < -0.3 is 4.74 Å². The molecule has 0 aromatic heterocycles. The molecule has 0 radical (unpaired) electrons. The lowest BCUT2D eigenvalue weighted by molar-refractivity contribution is 0.0505. The Balaban J connectivity index is 2.57. The smallest absolute Gasteiger partial charge is 0.338 e. The monoisotopic (exact) mass is 216 g/mol. The Morgan fingerprint density at radius 1 is 1.38 bits per heavy atom. The number of ether oxygens (including phenoxy) is 1. The lowest BCUT2D eigenvalue weighted by atomic mass is 10.1. The summed E-state index contributed by atoms with van der Waals surface area (Å²) in [4.78, 5) is 11.5. The van der Waals surface area contributed by atoms with Crippen molar-refractivity contribution in [3.63, 3.8) is 0 Å². The predicted molar refractivity (Wildman–Crippen MR) is 64.2 cm³/mol. The van der Waals surface area contributed by atoms with Gasteiger partial charge >= 0.3 is 5.97 Å². The molecule has 2 heteroatoms. The third kappa shape index (κ3) is 3.78. The predicted octanol–water partition coefficient (Wildman–Crippen LogP) is 2.82. The molecule has 0 unspecified atom stereocenters. The second kappa shape index (κ2) is 6.68. The van der Waals surface area contributed by atoms with Crippen molar-refractivity contribution in [1.29, 1.82) is 0 Å². The van der Waals surface area contributed by atoms with Crippen LogP contribution in [-0.4, -0.2) is 12.6 Å². The van der Waals surface area contributed by atoms with Crippen molar-refractivity contribution < 1.29 is 9.53 Å². The maximum atomic E-state index is 11.5. The van der Waals surface area contributed by atoms with Crippen molar-refractivity contribution in [2.75, 3.05) is 6.61 Å². The van der Waals surface area contributed by atoms with Crippen LogP contribution in [0.2, 0.25) is 0 Å². The van der Waals surface area contributed by atoms with Gasteiger partial charge in [0, 0.05) is 6.42 Å². The molecule has 0 saturated carbocycles.